The highest BCUT2D eigenvalue weighted by Gasteiger charge is 2.12. The highest BCUT2D eigenvalue weighted by molar-refractivity contribution is 5.81. The molecule has 1 aromatic heterocycles. The van der Waals surface area contributed by atoms with Crippen molar-refractivity contribution in [2.45, 2.75) is 20.0 Å². The van der Waals surface area contributed by atoms with Gasteiger partial charge in [0.05, 0.1) is 19.4 Å². The second-order valence-electron chi connectivity index (χ2n) is 4.96. The predicted octanol–water partition coefficient (Wildman–Crippen LogP) is 2.16. The summed E-state index contributed by atoms with van der Waals surface area (Å²) in [6.07, 6.45) is 0.659. The van der Waals surface area contributed by atoms with Gasteiger partial charge in [-0.15, -0.1) is 0 Å². The molecular weight excluding hydrogens is 268 g/mol. The van der Waals surface area contributed by atoms with Crippen molar-refractivity contribution in [1.29, 1.82) is 0 Å². The lowest BCUT2D eigenvalue weighted by Crippen LogP contribution is -2.33. The van der Waals surface area contributed by atoms with Gasteiger partial charge in [-0.1, -0.05) is 18.2 Å². The van der Waals surface area contributed by atoms with Gasteiger partial charge in [0.2, 0.25) is 5.91 Å². The van der Waals surface area contributed by atoms with Crippen LogP contribution in [0.3, 0.4) is 0 Å². The fourth-order valence-electron chi connectivity index (χ4n) is 2.12. The van der Waals surface area contributed by atoms with Crippen molar-refractivity contribution < 1.29 is 14.3 Å². The Morgan fingerprint density at radius 1 is 1.24 bits per heavy atom. The highest BCUT2D eigenvalue weighted by Crippen LogP contribution is 2.18. The normalized spacial score (nSPS) is 12.0. The van der Waals surface area contributed by atoms with Crippen molar-refractivity contribution in [3.05, 3.63) is 53.5 Å². The molecule has 0 radical (unpaired) electrons. The second kappa shape index (κ2) is 6.95. The van der Waals surface area contributed by atoms with E-state index in [1.165, 1.54) is 6.26 Å². The van der Waals surface area contributed by atoms with E-state index in [0.717, 1.165) is 16.8 Å². The number of hydrogen-bond donors (Lipinski definition) is 3. The maximum Gasteiger partial charge on any atom is 0.239 e. The van der Waals surface area contributed by atoms with E-state index in [0.29, 0.717) is 5.76 Å². The molecule has 0 aliphatic rings. The first-order valence-corrected chi connectivity index (χ1v) is 6.86. The van der Waals surface area contributed by atoms with Crippen LogP contribution in [0, 0.1) is 13.8 Å². The molecule has 0 unspecified atom stereocenters. The average Bonchev–Trinajstić information content (AvgIpc) is 2.98. The van der Waals surface area contributed by atoms with E-state index in [1.807, 2.05) is 32.0 Å². The van der Waals surface area contributed by atoms with E-state index in [9.17, 15) is 9.90 Å². The fraction of sp³-hybridized carbons (Fsp3) is 0.312. The molecule has 2 rings (SSSR count). The van der Waals surface area contributed by atoms with Crippen LogP contribution < -0.4 is 10.6 Å². The van der Waals surface area contributed by atoms with Crippen LogP contribution in [0.2, 0.25) is 0 Å². The maximum absolute atomic E-state index is 11.8. The molecule has 5 heteroatoms. The molecule has 5 nitrogen and oxygen atoms in total. The Bertz CT molecular complexity index is 573. The zero-order chi connectivity index (χ0) is 15.2. The molecule has 112 valence electrons. The first kappa shape index (κ1) is 15.1. The highest BCUT2D eigenvalue weighted by atomic mass is 16.4. The molecule has 1 atom stereocenters. The van der Waals surface area contributed by atoms with Crippen molar-refractivity contribution in [3.8, 4) is 0 Å². The summed E-state index contributed by atoms with van der Waals surface area (Å²) in [5.41, 5.74) is 3.16. The van der Waals surface area contributed by atoms with Crippen LogP contribution in [-0.2, 0) is 4.79 Å². The molecule has 0 fully saturated rings. The lowest BCUT2D eigenvalue weighted by Gasteiger charge is -2.13. The third-order valence-electron chi connectivity index (χ3n) is 3.27. The van der Waals surface area contributed by atoms with Crippen LogP contribution in [0.5, 0.6) is 0 Å². The minimum absolute atomic E-state index is 0.126. The maximum atomic E-state index is 11.8. The molecule has 2 aromatic rings. The van der Waals surface area contributed by atoms with Gasteiger partial charge in [0.25, 0.3) is 0 Å². The van der Waals surface area contributed by atoms with Gasteiger partial charge in [0, 0.05) is 5.69 Å². The molecule has 1 amide bonds. The van der Waals surface area contributed by atoms with Crippen LogP contribution >= 0.6 is 0 Å². The zero-order valence-electron chi connectivity index (χ0n) is 12.2. The average molecular weight is 288 g/mol. The Morgan fingerprint density at radius 2 is 1.95 bits per heavy atom. The standard InChI is InChI=1S/C16H20N2O3/c1-11-5-3-6-12(2)16(11)18-10-15(20)17-9-13(19)14-7-4-8-21-14/h3-8,13,18-19H,9-10H2,1-2H3,(H,17,20)/t13-/m0/s1. The summed E-state index contributed by atoms with van der Waals surface area (Å²) in [6, 6.07) is 9.34. The van der Waals surface area contributed by atoms with E-state index in [2.05, 4.69) is 10.6 Å². The number of furan rings is 1. The molecule has 0 spiro atoms. The minimum Gasteiger partial charge on any atom is -0.467 e. The number of aryl methyl sites for hydroxylation is 2. The molecule has 0 bridgehead atoms. The third kappa shape index (κ3) is 4.10. The summed E-state index contributed by atoms with van der Waals surface area (Å²) in [7, 11) is 0. The summed E-state index contributed by atoms with van der Waals surface area (Å²) < 4.78 is 5.07. The van der Waals surface area contributed by atoms with Crippen LogP contribution in [0.15, 0.2) is 41.0 Å². The quantitative estimate of drug-likeness (QED) is 0.761. The third-order valence-corrected chi connectivity index (χ3v) is 3.27. The predicted molar refractivity (Wildman–Crippen MR) is 81.1 cm³/mol. The molecule has 1 aromatic carbocycles. The van der Waals surface area contributed by atoms with Gasteiger partial charge in [0.1, 0.15) is 11.9 Å². The molecule has 3 N–H and O–H groups in total. The van der Waals surface area contributed by atoms with E-state index in [1.54, 1.807) is 12.1 Å². The van der Waals surface area contributed by atoms with Crippen LogP contribution in [0.25, 0.3) is 0 Å². The topological polar surface area (TPSA) is 74.5 Å². The Labute approximate surface area is 124 Å². The van der Waals surface area contributed by atoms with Crippen LogP contribution in [0.1, 0.15) is 23.0 Å². The Hall–Kier alpha value is -2.27. The smallest absolute Gasteiger partial charge is 0.239 e. The lowest BCUT2D eigenvalue weighted by atomic mass is 10.1. The van der Waals surface area contributed by atoms with Crippen LogP contribution in [-0.4, -0.2) is 24.1 Å². The first-order valence-electron chi connectivity index (χ1n) is 6.86. The van der Waals surface area contributed by atoms with Gasteiger partial charge in [-0.2, -0.15) is 0 Å². The van der Waals surface area contributed by atoms with Gasteiger partial charge in [-0.3, -0.25) is 4.79 Å². The van der Waals surface area contributed by atoms with E-state index in [4.69, 9.17) is 4.42 Å². The number of carbonyl (C=O) groups excluding carboxylic acids is 1. The number of benzene rings is 1. The molecule has 1 heterocycles. The summed E-state index contributed by atoms with van der Waals surface area (Å²) in [6.45, 7) is 4.28. The summed E-state index contributed by atoms with van der Waals surface area (Å²) in [4.78, 5) is 11.8. The van der Waals surface area contributed by atoms with E-state index >= 15 is 0 Å². The summed E-state index contributed by atoms with van der Waals surface area (Å²) in [5, 5.41) is 15.6. The van der Waals surface area contributed by atoms with Crippen molar-refractivity contribution in [1.82, 2.24) is 5.32 Å². The SMILES string of the molecule is Cc1cccc(C)c1NCC(=O)NC[C@H](O)c1ccco1. The second-order valence-corrected chi connectivity index (χ2v) is 4.96. The monoisotopic (exact) mass is 288 g/mol. The Kier molecular flexibility index (Phi) is 5.00. The first-order chi connectivity index (χ1) is 10.1. The lowest BCUT2D eigenvalue weighted by molar-refractivity contribution is -0.119. The van der Waals surface area contributed by atoms with Crippen molar-refractivity contribution in [2.24, 2.45) is 0 Å². The molecule has 0 saturated heterocycles. The number of nitrogens with one attached hydrogen (secondary N) is 2. The number of para-hydroxylation sites is 1. The van der Waals surface area contributed by atoms with Crippen molar-refractivity contribution in [2.75, 3.05) is 18.4 Å². The van der Waals surface area contributed by atoms with Gasteiger partial charge < -0.3 is 20.2 Å². The number of hydrogen-bond acceptors (Lipinski definition) is 4. The minimum atomic E-state index is -0.829. The molecule has 0 aliphatic carbocycles. The van der Waals surface area contributed by atoms with Gasteiger partial charge >= 0.3 is 0 Å². The summed E-state index contributed by atoms with van der Waals surface area (Å²) in [5.74, 6) is 0.265. The van der Waals surface area contributed by atoms with Crippen molar-refractivity contribution >= 4 is 11.6 Å². The van der Waals surface area contributed by atoms with Crippen molar-refractivity contribution in [3.63, 3.8) is 0 Å². The number of aliphatic hydroxyl groups is 1. The number of anilines is 1. The molecule has 0 saturated carbocycles. The van der Waals surface area contributed by atoms with Gasteiger partial charge in [-0.25, -0.2) is 0 Å². The van der Waals surface area contributed by atoms with E-state index < -0.39 is 6.10 Å². The number of carbonyl (C=O) groups is 1. The number of aliphatic hydroxyl groups excluding tert-OH is 1. The largest absolute Gasteiger partial charge is 0.467 e. The Balaban J connectivity index is 1.80. The van der Waals surface area contributed by atoms with Crippen LogP contribution in [0.4, 0.5) is 5.69 Å². The molecule has 21 heavy (non-hydrogen) atoms. The van der Waals surface area contributed by atoms with Gasteiger partial charge in [-0.05, 0) is 37.1 Å². The number of amides is 1. The number of rotatable bonds is 6. The van der Waals surface area contributed by atoms with Gasteiger partial charge in [0.15, 0.2) is 0 Å². The zero-order valence-corrected chi connectivity index (χ0v) is 12.2. The summed E-state index contributed by atoms with van der Waals surface area (Å²) >= 11 is 0. The Morgan fingerprint density at radius 3 is 2.57 bits per heavy atom. The molecule has 0 aliphatic heterocycles. The molecular formula is C16H20N2O3. The van der Waals surface area contributed by atoms with E-state index in [-0.39, 0.29) is 19.0 Å². The fourth-order valence-corrected chi connectivity index (χ4v) is 2.12.